The van der Waals surface area contributed by atoms with Crippen LogP contribution in [0, 0.1) is 12.8 Å². The Morgan fingerprint density at radius 2 is 1.80 bits per heavy atom. The van der Waals surface area contributed by atoms with Crippen molar-refractivity contribution in [2.45, 2.75) is 76.8 Å². The fraction of sp³-hybridized carbons (Fsp3) is 0.737. The molecule has 3 fully saturated rings. The summed E-state index contributed by atoms with van der Waals surface area (Å²) in [5, 5.41) is 7.63. The number of rotatable bonds is 4. The minimum Gasteiger partial charge on any atom is -0.330 e. The monoisotopic (exact) mass is 344 g/mol. The number of carbonyl (C=O) groups excluding carboxylic acids is 2. The van der Waals surface area contributed by atoms with E-state index in [0.29, 0.717) is 12.6 Å². The van der Waals surface area contributed by atoms with Crippen LogP contribution in [0.25, 0.3) is 0 Å². The highest BCUT2D eigenvalue weighted by Gasteiger charge is 2.40. The number of amides is 2. The van der Waals surface area contributed by atoms with Gasteiger partial charge in [0, 0.05) is 18.0 Å². The normalized spacial score (nSPS) is 24.5. The van der Waals surface area contributed by atoms with Crippen molar-refractivity contribution in [1.82, 2.24) is 14.7 Å². The van der Waals surface area contributed by atoms with Gasteiger partial charge in [-0.2, -0.15) is 5.10 Å². The SMILES string of the molecule is Cc1cnn(C2CCCC2)c1NC(=O)C1CCCCN1C(=O)C1CC1. The van der Waals surface area contributed by atoms with Crippen LogP contribution in [0.3, 0.4) is 0 Å². The number of aromatic nitrogens is 2. The van der Waals surface area contributed by atoms with Gasteiger partial charge in [0.25, 0.3) is 0 Å². The van der Waals surface area contributed by atoms with Crippen molar-refractivity contribution in [2.24, 2.45) is 5.92 Å². The maximum Gasteiger partial charge on any atom is 0.248 e. The molecule has 1 aromatic rings. The van der Waals surface area contributed by atoms with Gasteiger partial charge in [-0.25, -0.2) is 4.68 Å². The van der Waals surface area contributed by atoms with Crippen LogP contribution in [0.1, 0.15) is 69.4 Å². The van der Waals surface area contributed by atoms with E-state index in [-0.39, 0.29) is 23.8 Å². The largest absolute Gasteiger partial charge is 0.330 e. The van der Waals surface area contributed by atoms with Gasteiger partial charge in [-0.1, -0.05) is 12.8 Å². The number of nitrogens with one attached hydrogen (secondary N) is 1. The molecule has 136 valence electrons. The lowest BCUT2D eigenvalue weighted by Crippen LogP contribution is -2.50. The van der Waals surface area contributed by atoms with E-state index >= 15 is 0 Å². The molecule has 0 spiro atoms. The molecule has 2 saturated carbocycles. The Morgan fingerprint density at radius 1 is 1.08 bits per heavy atom. The van der Waals surface area contributed by atoms with E-state index in [9.17, 15) is 9.59 Å². The maximum absolute atomic E-state index is 13.0. The van der Waals surface area contributed by atoms with Crippen molar-refractivity contribution in [3.8, 4) is 0 Å². The molecule has 3 aliphatic rings. The first kappa shape index (κ1) is 16.6. The molecule has 25 heavy (non-hydrogen) atoms. The third-order valence-electron chi connectivity index (χ3n) is 5.91. The summed E-state index contributed by atoms with van der Waals surface area (Å²) in [5.41, 5.74) is 0.996. The lowest BCUT2D eigenvalue weighted by atomic mass is 10.0. The number of hydrogen-bond acceptors (Lipinski definition) is 3. The topological polar surface area (TPSA) is 67.2 Å². The Kier molecular flexibility index (Phi) is 4.52. The molecule has 1 aliphatic heterocycles. The summed E-state index contributed by atoms with van der Waals surface area (Å²) in [6, 6.07) is 0.0627. The Hall–Kier alpha value is -1.85. The predicted octanol–water partition coefficient (Wildman–Crippen LogP) is 3.04. The highest BCUT2D eigenvalue weighted by atomic mass is 16.2. The van der Waals surface area contributed by atoms with E-state index in [0.717, 1.165) is 56.3 Å². The summed E-state index contributed by atoms with van der Waals surface area (Å²) in [6.07, 6.45) is 11.3. The average molecular weight is 344 g/mol. The third-order valence-corrected chi connectivity index (χ3v) is 5.91. The standard InChI is InChI=1S/C19H28N4O2/c1-13-12-20-23(15-6-2-3-7-15)17(13)21-18(24)16-8-4-5-11-22(16)19(25)14-9-10-14/h12,14-16H,2-11H2,1H3,(H,21,24). The Morgan fingerprint density at radius 3 is 2.52 bits per heavy atom. The van der Waals surface area contributed by atoms with Crippen molar-refractivity contribution in [3.63, 3.8) is 0 Å². The smallest absolute Gasteiger partial charge is 0.248 e. The van der Waals surface area contributed by atoms with Crippen molar-refractivity contribution in [3.05, 3.63) is 11.8 Å². The number of nitrogens with zero attached hydrogens (tertiary/aromatic N) is 3. The molecule has 2 amide bonds. The zero-order valence-electron chi connectivity index (χ0n) is 15.0. The predicted molar refractivity (Wildman–Crippen MR) is 95.2 cm³/mol. The zero-order chi connectivity index (χ0) is 17.4. The van der Waals surface area contributed by atoms with Crippen LogP contribution >= 0.6 is 0 Å². The lowest BCUT2D eigenvalue weighted by molar-refractivity contribution is -0.141. The van der Waals surface area contributed by atoms with Gasteiger partial charge in [0.2, 0.25) is 11.8 Å². The fourth-order valence-corrected chi connectivity index (χ4v) is 4.26. The van der Waals surface area contributed by atoms with Crippen molar-refractivity contribution >= 4 is 17.6 Å². The highest BCUT2D eigenvalue weighted by Crippen LogP contribution is 2.35. The highest BCUT2D eigenvalue weighted by molar-refractivity contribution is 5.97. The van der Waals surface area contributed by atoms with Crippen LogP contribution in [-0.2, 0) is 9.59 Å². The van der Waals surface area contributed by atoms with Gasteiger partial charge in [0.15, 0.2) is 0 Å². The van der Waals surface area contributed by atoms with E-state index in [2.05, 4.69) is 10.4 Å². The molecule has 4 rings (SSSR count). The van der Waals surface area contributed by atoms with Crippen LogP contribution in [0.2, 0.25) is 0 Å². The molecule has 1 unspecified atom stereocenters. The summed E-state index contributed by atoms with van der Waals surface area (Å²) >= 11 is 0. The molecule has 0 bridgehead atoms. The average Bonchev–Trinajstić information content (AvgIpc) is 3.23. The van der Waals surface area contributed by atoms with Crippen LogP contribution < -0.4 is 5.32 Å². The molecule has 0 aromatic carbocycles. The van der Waals surface area contributed by atoms with Crippen LogP contribution in [0.15, 0.2) is 6.20 Å². The van der Waals surface area contributed by atoms with Crippen LogP contribution in [0.4, 0.5) is 5.82 Å². The molecule has 6 heteroatoms. The summed E-state index contributed by atoms with van der Waals surface area (Å²) in [5.74, 6) is 1.12. The first-order chi connectivity index (χ1) is 12.1. The van der Waals surface area contributed by atoms with E-state index in [4.69, 9.17) is 0 Å². The quantitative estimate of drug-likeness (QED) is 0.913. The fourth-order valence-electron chi connectivity index (χ4n) is 4.26. The summed E-state index contributed by atoms with van der Waals surface area (Å²) in [6.45, 7) is 2.70. The number of carbonyl (C=O) groups is 2. The zero-order valence-corrected chi connectivity index (χ0v) is 15.0. The summed E-state index contributed by atoms with van der Waals surface area (Å²) in [4.78, 5) is 27.4. The van der Waals surface area contributed by atoms with E-state index < -0.39 is 0 Å². The van der Waals surface area contributed by atoms with Crippen molar-refractivity contribution in [1.29, 1.82) is 0 Å². The number of piperidine rings is 1. The van der Waals surface area contributed by atoms with Crippen LogP contribution in [-0.4, -0.2) is 39.1 Å². The summed E-state index contributed by atoms with van der Waals surface area (Å²) < 4.78 is 2.00. The van der Waals surface area contributed by atoms with Gasteiger partial charge < -0.3 is 10.2 Å². The summed E-state index contributed by atoms with van der Waals surface area (Å²) in [7, 11) is 0. The minimum atomic E-state index is -0.326. The van der Waals surface area contributed by atoms with Crippen molar-refractivity contribution < 1.29 is 9.59 Å². The molecule has 1 atom stereocenters. The molecular weight excluding hydrogens is 316 g/mol. The van der Waals surface area contributed by atoms with Gasteiger partial charge in [0.1, 0.15) is 11.9 Å². The molecule has 1 saturated heterocycles. The second-order valence-electron chi connectivity index (χ2n) is 7.87. The van der Waals surface area contributed by atoms with Gasteiger partial charge in [0.05, 0.1) is 12.2 Å². The number of likely N-dealkylation sites (tertiary alicyclic amines) is 1. The van der Waals surface area contributed by atoms with E-state index in [1.807, 2.05) is 22.7 Å². The first-order valence-electron chi connectivity index (χ1n) is 9.80. The van der Waals surface area contributed by atoms with Gasteiger partial charge in [-0.15, -0.1) is 0 Å². The molecule has 1 aromatic heterocycles. The van der Waals surface area contributed by atoms with Crippen molar-refractivity contribution in [2.75, 3.05) is 11.9 Å². The van der Waals surface area contributed by atoms with E-state index in [1.165, 1.54) is 12.8 Å². The maximum atomic E-state index is 13.0. The molecular formula is C19H28N4O2. The third kappa shape index (κ3) is 3.31. The Labute approximate surface area is 148 Å². The molecule has 1 N–H and O–H groups in total. The van der Waals surface area contributed by atoms with Gasteiger partial charge >= 0.3 is 0 Å². The Balaban J connectivity index is 1.50. The molecule has 2 heterocycles. The Bertz CT molecular complexity index is 658. The van der Waals surface area contributed by atoms with Gasteiger partial charge in [-0.05, 0) is 51.9 Å². The first-order valence-corrected chi connectivity index (χ1v) is 9.80. The van der Waals surface area contributed by atoms with E-state index in [1.54, 1.807) is 0 Å². The van der Waals surface area contributed by atoms with Gasteiger partial charge in [-0.3, -0.25) is 9.59 Å². The number of aryl methyl sites for hydroxylation is 1. The molecule has 6 nitrogen and oxygen atoms in total. The second kappa shape index (κ2) is 6.81. The number of hydrogen-bond donors (Lipinski definition) is 1. The number of anilines is 1. The lowest BCUT2D eigenvalue weighted by Gasteiger charge is -2.35. The molecule has 0 radical (unpaired) electrons. The second-order valence-corrected chi connectivity index (χ2v) is 7.87. The minimum absolute atomic E-state index is 0.0449. The van der Waals surface area contributed by atoms with Crippen LogP contribution in [0.5, 0.6) is 0 Å². The molecule has 2 aliphatic carbocycles.